The molecule has 29 heavy (non-hydrogen) atoms. The molecule has 1 saturated heterocycles. The zero-order valence-corrected chi connectivity index (χ0v) is 16.2. The molecule has 0 aliphatic carbocycles. The molecule has 150 valence electrons. The van der Waals surface area contributed by atoms with Gasteiger partial charge in [-0.3, -0.25) is 14.5 Å². The molecular weight excluding hydrogens is 373 g/mol. The summed E-state index contributed by atoms with van der Waals surface area (Å²) < 4.78 is 12.6. The fourth-order valence-electron chi connectivity index (χ4n) is 3.89. The van der Waals surface area contributed by atoms with E-state index in [2.05, 4.69) is 0 Å². The number of likely N-dealkylation sites (N-methyl/N-ethyl adjacent to an activating group) is 1. The molecule has 0 radical (unpaired) electrons. The summed E-state index contributed by atoms with van der Waals surface area (Å²) >= 11 is 0. The number of rotatable bonds is 6. The SMILES string of the molecule is CCN1C(=O)CN(Cc2ccc(-c3ccc4c(c3)CN(CCF)C4=O)cc2)C1=O. The molecule has 2 aliphatic heterocycles. The highest BCUT2D eigenvalue weighted by atomic mass is 19.1. The van der Waals surface area contributed by atoms with Gasteiger partial charge in [-0.05, 0) is 41.3 Å². The van der Waals surface area contributed by atoms with Gasteiger partial charge in [0.2, 0.25) is 5.91 Å². The average molecular weight is 395 g/mol. The molecular formula is C22H22FN3O3. The molecule has 6 nitrogen and oxygen atoms in total. The molecule has 2 aromatic rings. The van der Waals surface area contributed by atoms with E-state index < -0.39 is 6.67 Å². The van der Waals surface area contributed by atoms with Crippen LogP contribution in [0, 0.1) is 0 Å². The molecule has 0 N–H and O–H groups in total. The molecule has 0 atom stereocenters. The van der Waals surface area contributed by atoms with Crippen molar-refractivity contribution in [1.82, 2.24) is 14.7 Å². The molecule has 0 spiro atoms. The second-order valence-corrected chi connectivity index (χ2v) is 7.26. The Morgan fingerprint density at radius 2 is 1.66 bits per heavy atom. The maximum absolute atomic E-state index is 12.6. The largest absolute Gasteiger partial charge is 0.332 e. The van der Waals surface area contributed by atoms with Crippen molar-refractivity contribution in [3.8, 4) is 11.1 Å². The molecule has 0 saturated carbocycles. The van der Waals surface area contributed by atoms with E-state index in [0.29, 0.717) is 25.2 Å². The minimum absolute atomic E-state index is 0.114. The molecule has 7 heteroatoms. The topological polar surface area (TPSA) is 60.9 Å². The van der Waals surface area contributed by atoms with Gasteiger partial charge in [0, 0.05) is 31.7 Å². The summed E-state index contributed by atoms with van der Waals surface area (Å²) in [6, 6.07) is 13.2. The number of imide groups is 1. The lowest BCUT2D eigenvalue weighted by Crippen LogP contribution is -2.32. The number of hydrogen-bond acceptors (Lipinski definition) is 3. The molecule has 2 heterocycles. The van der Waals surface area contributed by atoms with Gasteiger partial charge in [-0.1, -0.05) is 30.3 Å². The van der Waals surface area contributed by atoms with Crippen LogP contribution in [0.1, 0.15) is 28.4 Å². The number of halogens is 1. The molecule has 0 aromatic heterocycles. The summed E-state index contributed by atoms with van der Waals surface area (Å²) in [6.07, 6.45) is 0. The normalized spacial score (nSPS) is 16.2. The predicted octanol–water partition coefficient (Wildman–Crippen LogP) is 3.06. The van der Waals surface area contributed by atoms with Gasteiger partial charge in [0.1, 0.15) is 13.2 Å². The van der Waals surface area contributed by atoms with Crippen LogP contribution in [0.4, 0.5) is 9.18 Å². The number of urea groups is 1. The predicted molar refractivity (Wildman–Crippen MR) is 106 cm³/mol. The maximum atomic E-state index is 12.6. The Hall–Kier alpha value is -3.22. The van der Waals surface area contributed by atoms with E-state index in [1.807, 2.05) is 36.4 Å². The summed E-state index contributed by atoms with van der Waals surface area (Å²) in [4.78, 5) is 40.6. The van der Waals surface area contributed by atoms with E-state index in [4.69, 9.17) is 0 Å². The smallest absolute Gasteiger partial charge is 0.327 e. The summed E-state index contributed by atoms with van der Waals surface area (Å²) in [5.41, 5.74) is 4.46. The van der Waals surface area contributed by atoms with E-state index in [9.17, 15) is 18.8 Å². The Labute approximate surface area is 168 Å². The lowest BCUT2D eigenvalue weighted by atomic mass is 9.99. The molecule has 2 aliphatic rings. The Bertz CT molecular complexity index is 974. The van der Waals surface area contributed by atoms with Gasteiger partial charge < -0.3 is 9.80 Å². The van der Waals surface area contributed by atoms with Gasteiger partial charge in [-0.25, -0.2) is 9.18 Å². The van der Waals surface area contributed by atoms with Crippen molar-refractivity contribution in [3.63, 3.8) is 0 Å². The van der Waals surface area contributed by atoms with Crippen LogP contribution in [-0.4, -0.2) is 58.9 Å². The quantitative estimate of drug-likeness (QED) is 0.707. The first kappa shape index (κ1) is 19.1. The Morgan fingerprint density at radius 1 is 0.931 bits per heavy atom. The highest BCUT2D eigenvalue weighted by molar-refractivity contribution is 6.02. The summed E-state index contributed by atoms with van der Waals surface area (Å²) in [5.74, 6) is -0.283. The van der Waals surface area contributed by atoms with Crippen LogP contribution < -0.4 is 0 Å². The third kappa shape index (κ3) is 3.48. The van der Waals surface area contributed by atoms with Crippen LogP contribution in [0.5, 0.6) is 0 Å². The van der Waals surface area contributed by atoms with Crippen LogP contribution in [0.15, 0.2) is 42.5 Å². The molecule has 1 fully saturated rings. The highest BCUT2D eigenvalue weighted by Crippen LogP contribution is 2.29. The van der Waals surface area contributed by atoms with Crippen LogP contribution in [-0.2, 0) is 17.9 Å². The lowest BCUT2D eigenvalue weighted by Gasteiger charge is -2.16. The first-order valence-corrected chi connectivity index (χ1v) is 9.68. The van der Waals surface area contributed by atoms with E-state index in [1.165, 1.54) is 9.80 Å². The number of benzene rings is 2. The number of fused-ring (bicyclic) bond motifs is 1. The summed E-state index contributed by atoms with van der Waals surface area (Å²) in [6.45, 7) is 2.68. The van der Waals surface area contributed by atoms with Gasteiger partial charge in [0.05, 0.1) is 0 Å². The number of alkyl halides is 1. The average Bonchev–Trinajstić information content (AvgIpc) is 3.18. The Morgan fingerprint density at radius 3 is 2.31 bits per heavy atom. The van der Waals surface area contributed by atoms with Gasteiger partial charge in [0.25, 0.3) is 5.91 Å². The first-order chi connectivity index (χ1) is 14.0. The van der Waals surface area contributed by atoms with Crippen molar-refractivity contribution >= 4 is 17.8 Å². The van der Waals surface area contributed by atoms with Gasteiger partial charge >= 0.3 is 6.03 Å². The van der Waals surface area contributed by atoms with E-state index in [-0.39, 0.29) is 30.9 Å². The second-order valence-electron chi connectivity index (χ2n) is 7.26. The van der Waals surface area contributed by atoms with Gasteiger partial charge in [0.15, 0.2) is 0 Å². The van der Waals surface area contributed by atoms with Crippen molar-refractivity contribution in [2.24, 2.45) is 0 Å². The van der Waals surface area contributed by atoms with Crippen LogP contribution >= 0.6 is 0 Å². The number of carbonyl (C=O) groups excluding carboxylic acids is 3. The molecule has 0 unspecified atom stereocenters. The highest BCUT2D eigenvalue weighted by Gasteiger charge is 2.34. The summed E-state index contributed by atoms with van der Waals surface area (Å²) in [7, 11) is 0. The van der Waals surface area contributed by atoms with Crippen LogP contribution in [0.2, 0.25) is 0 Å². The molecule has 2 aromatic carbocycles. The van der Waals surface area contributed by atoms with Crippen molar-refractivity contribution in [3.05, 3.63) is 59.2 Å². The first-order valence-electron chi connectivity index (χ1n) is 9.68. The summed E-state index contributed by atoms with van der Waals surface area (Å²) in [5, 5.41) is 0. The third-order valence-corrected chi connectivity index (χ3v) is 5.44. The zero-order chi connectivity index (χ0) is 20.5. The van der Waals surface area contributed by atoms with Crippen molar-refractivity contribution < 1.29 is 18.8 Å². The fraction of sp³-hybridized carbons (Fsp3) is 0.318. The molecule has 4 amide bonds. The Kier molecular flexibility index (Phi) is 5.05. The standard InChI is InChI=1S/C22H22FN3O3/c1-2-26-20(27)14-25(22(26)29)12-15-3-5-16(6-4-15)17-7-8-19-18(11-17)13-24(10-9-23)21(19)28/h3-8,11H,2,9-10,12-14H2,1H3. The van der Waals surface area contributed by atoms with Crippen molar-refractivity contribution in [2.45, 2.75) is 20.0 Å². The maximum Gasteiger partial charge on any atom is 0.327 e. The van der Waals surface area contributed by atoms with E-state index in [0.717, 1.165) is 22.3 Å². The van der Waals surface area contributed by atoms with E-state index in [1.54, 1.807) is 17.9 Å². The Balaban J connectivity index is 1.48. The number of nitrogens with zero attached hydrogens (tertiary/aromatic N) is 3. The number of hydrogen-bond donors (Lipinski definition) is 0. The zero-order valence-electron chi connectivity index (χ0n) is 16.2. The number of amides is 4. The minimum atomic E-state index is -0.546. The molecule has 0 bridgehead atoms. The van der Waals surface area contributed by atoms with Crippen molar-refractivity contribution in [1.29, 1.82) is 0 Å². The lowest BCUT2D eigenvalue weighted by molar-refractivity contribution is -0.125. The van der Waals surface area contributed by atoms with Crippen molar-refractivity contribution in [2.75, 3.05) is 26.3 Å². The van der Waals surface area contributed by atoms with Gasteiger partial charge in [-0.2, -0.15) is 0 Å². The molecule has 4 rings (SSSR count). The second kappa shape index (κ2) is 7.66. The monoisotopic (exact) mass is 395 g/mol. The van der Waals surface area contributed by atoms with Crippen LogP contribution in [0.3, 0.4) is 0 Å². The fourth-order valence-corrected chi connectivity index (χ4v) is 3.89. The van der Waals surface area contributed by atoms with Gasteiger partial charge in [-0.15, -0.1) is 0 Å². The minimum Gasteiger partial charge on any atom is -0.332 e. The third-order valence-electron chi connectivity index (χ3n) is 5.44. The van der Waals surface area contributed by atoms with Crippen LogP contribution in [0.25, 0.3) is 11.1 Å². The number of carbonyl (C=O) groups is 3. The van der Waals surface area contributed by atoms with E-state index >= 15 is 0 Å².